The van der Waals surface area contributed by atoms with Gasteiger partial charge in [0.25, 0.3) is 0 Å². The Labute approximate surface area is 162 Å². The molecule has 1 aromatic carbocycles. The van der Waals surface area contributed by atoms with Gasteiger partial charge in [-0.1, -0.05) is 5.16 Å². The monoisotopic (exact) mass is 399 g/mol. The highest BCUT2D eigenvalue weighted by molar-refractivity contribution is 5.99. The number of rotatable bonds is 6. The molecule has 1 fully saturated rings. The van der Waals surface area contributed by atoms with E-state index in [0.29, 0.717) is 36.9 Å². The van der Waals surface area contributed by atoms with Gasteiger partial charge in [-0.2, -0.15) is 0 Å². The van der Waals surface area contributed by atoms with Crippen LogP contribution in [0.4, 0.5) is 10.2 Å². The largest absolute Gasteiger partial charge is 0.494 e. The summed E-state index contributed by atoms with van der Waals surface area (Å²) in [5.41, 5.74) is 6.03. The molecule has 1 unspecified atom stereocenters. The van der Waals surface area contributed by atoms with E-state index in [1.807, 2.05) is 4.90 Å². The van der Waals surface area contributed by atoms with E-state index < -0.39 is 11.8 Å². The molecule has 27 heavy (non-hydrogen) atoms. The summed E-state index contributed by atoms with van der Waals surface area (Å²) in [7, 11) is 1.34. The molecule has 148 valence electrons. The molecule has 0 saturated carbocycles. The van der Waals surface area contributed by atoms with Crippen molar-refractivity contribution in [3.8, 4) is 17.1 Å². The second-order valence-corrected chi connectivity index (χ2v) is 6.40. The van der Waals surface area contributed by atoms with Crippen molar-refractivity contribution in [2.24, 2.45) is 11.7 Å². The van der Waals surface area contributed by atoms with Gasteiger partial charge in [-0.3, -0.25) is 0 Å². The van der Waals surface area contributed by atoms with Crippen LogP contribution in [-0.2, 0) is 0 Å². The molecule has 2 aromatic rings. The lowest BCUT2D eigenvalue weighted by Gasteiger charge is -2.32. The van der Waals surface area contributed by atoms with Gasteiger partial charge in [0.05, 0.1) is 7.11 Å². The third-order valence-corrected chi connectivity index (χ3v) is 4.69. The van der Waals surface area contributed by atoms with Crippen molar-refractivity contribution in [1.82, 2.24) is 5.16 Å². The Balaban J connectivity index is 0.00000261. The van der Waals surface area contributed by atoms with Gasteiger partial charge in [0.2, 0.25) is 0 Å². The maximum absolute atomic E-state index is 13.7. The van der Waals surface area contributed by atoms with E-state index in [1.165, 1.54) is 25.3 Å². The topological polar surface area (TPSA) is 102 Å². The highest BCUT2D eigenvalue weighted by atomic mass is 35.5. The molecule has 0 amide bonds. The number of benzene rings is 1. The van der Waals surface area contributed by atoms with E-state index in [2.05, 4.69) is 5.16 Å². The van der Waals surface area contributed by atoms with Crippen LogP contribution in [0.3, 0.4) is 0 Å². The third kappa shape index (κ3) is 4.33. The fraction of sp³-hybridized carbons (Fsp3) is 0.444. The Morgan fingerprint density at radius 1 is 1.52 bits per heavy atom. The van der Waals surface area contributed by atoms with Crippen molar-refractivity contribution < 1.29 is 23.6 Å². The fourth-order valence-electron chi connectivity index (χ4n) is 3.42. The van der Waals surface area contributed by atoms with Crippen LogP contribution >= 0.6 is 12.4 Å². The van der Waals surface area contributed by atoms with Gasteiger partial charge in [0.15, 0.2) is 28.7 Å². The minimum absolute atomic E-state index is 0. The number of nitrogens with two attached hydrogens (primary N) is 1. The summed E-state index contributed by atoms with van der Waals surface area (Å²) in [6, 6.07) is 4.06. The van der Waals surface area contributed by atoms with E-state index in [4.69, 9.17) is 15.0 Å². The number of carbonyl (C=O) groups is 1. The number of anilines is 1. The van der Waals surface area contributed by atoms with Crippen molar-refractivity contribution in [2.75, 3.05) is 31.6 Å². The lowest BCUT2D eigenvalue weighted by atomic mass is 9.94. The molecular weight excluding hydrogens is 377 g/mol. The Hall–Kier alpha value is -2.32. The van der Waals surface area contributed by atoms with Gasteiger partial charge in [-0.15, -0.1) is 12.4 Å². The quantitative estimate of drug-likeness (QED) is 0.769. The number of nitrogens with zero attached hydrogens (tertiary/aromatic N) is 2. The summed E-state index contributed by atoms with van der Waals surface area (Å²) in [5, 5.41) is 13.7. The lowest BCUT2D eigenvalue weighted by Crippen LogP contribution is -2.37. The minimum atomic E-state index is -1.14. The molecule has 1 atom stereocenters. The Morgan fingerprint density at radius 2 is 2.30 bits per heavy atom. The zero-order valence-electron chi connectivity index (χ0n) is 15.0. The maximum Gasteiger partial charge on any atom is 0.343 e. The molecule has 1 saturated heterocycles. The summed E-state index contributed by atoms with van der Waals surface area (Å²) in [6.07, 6.45) is 2.89. The SMILES string of the molecule is COc1cc(-c2onc(N3CCCC(CCN)C3)c2C(=O)O)ccc1F.Cl. The first-order valence-electron chi connectivity index (χ1n) is 8.57. The van der Waals surface area contributed by atoms with Crippen molar-refractivity contribution in [3.05, 3.63) is 29.6 Å². The van der Waals surface area contributed by atoms with Gasteiger partial charge in [-0.25, -0.2) is 9.18 Å². The Kier molecular flexibility index (Phi) is 7.04. The van der Waals surface area contributed by atoms with Gasteiger partial charge in [-0.05, 0) is 49.9 Å². The van der Waals surface area contributed by atoms with Gasteiger partial charge in [0.1, 0.15) is 0 Å². The molecule has 1 aromatic heterocycles. The molecule has 9 heteroatoms. The predicted octanol–water partition coefficient (Wildman–Crippen LogP) is 3.17. The summed E-state index contributed by atoms with van der Waals surface area (Å²) in [6.45, 7) is 2.00. The molecular formula is C18H23ClFN3O4. The first kappa shape index (κ1) is 21.0. The second-order valence-electron chi connectivity index (χ2n) is 6.40. The number of aromatic carboxylic acids is 1. The highest BCUT2D eigenvalue weighted by Crippen LogP contribution is 2.35. The molecule has 3 rings (SSSR count). The number of carboxylic acids is 1. The smallest absolute Gasteiger partial charge is 0.343 e. The second kappa shape index (κ2) is 9.05. The van der Waals surface area contributed by atoms with Crippen LogP contribution in [0.5, 0.6) is 5.75 Å². The van der Waals surface area contributed by atoms with Crippen molar-refractivity contribution in [2.45, 2.75) is 19.3 Å². The number of piperidine rings is 1. The normalized spacial score (nSPS) is 16.7. The zero-order chi connectivity index (χ0) is 18.7. The number of ether oxygens (including phenoxy) is 1. The number of hydrogen-bond acceptors (Lipinski definition) is 6. The molecule has 0 bridgehead atoms. The predicted molar refractivity (Wildman–Crippen MR) is 101 cm³/mol. The van der Waals surface area contributed by atoms with Crippen molar-refractivity contribution >= 4 is 24.2 Å². The molecule has 0 spiro atoms. The standard InChI is InChI=1S/C18H22FN3O4.ClH/c1-25-14-9-12(4-5-13(14)19)16-15(18(23)24)17(21-26-16)22-8-2-3-11(10-22)6-7-20;/h4-5,9,11H,2-3,6-8,10,20H2,1H3,(H,23,24);1H. The molecule has 2 heterocycles. The fourth-order valence-corrected chi connectivity index (χ4v) is 3.42. The summed E-state index contributed by atoms with van der Waals surface area (Å²) >= 11 is 0. The minimum Gasteiger partial charge on any atom is -0.494 e. The van der Waals surface area contributed by atoms with Crippen LogP contribution in [0.15, 0.2) is 22.7 Å². The van der Waals surface area contributed by atoms with Crippen LogP contribution in [0.1, 0.15) is 29.6 Å². The number of methoxy groups -OCH3 is 1. The number of hydrogen-bond donors (Lipinski definition) is 2. The molecule has 0 aliphatic carbocycles. The van der Waals surface area contributed by atoms with Crippen LogP contribution in [0.25, 0.3) is 11.3 Å². The van der Waals surface area contributed by atoms with Crippen LogP contribution < -0.4 is 15.4 Å². The van der Waals surface area contributed by atoms with E-state index in [-0.39, 0.29) is 29.5 Å². The zero-order valence-corrected chi connectivity index (χ0v) is 15.8. The van der Waals surface area contributed by atoms with Gasteiger partial charge in [0, 0.05) is 18.7 Å². The number of aromatic nitrogens is 1. The van der Waals surface area contributed by atoms with E-state index >= 15 is 0 Å². The Bertz CT molecular complexity index is 797. The van der Waals surface area contributed by atoms with E-state index in [0.717, 1.165) is 19.3 Å². The molecule has 1 aliphatic rings. The number of halogens is 2. The highest BCUT2D eigenvalue weighted by Gasteiger charge is 2.30. The van der Waals surface area contributed by atoms with Crippen LogP contribution in [0.2, 0.25) is 0 Å². The lowest BCUT2D eigenvalue weighted by molar-refractivity contribution is 0.0697. The van der Waals surface area contributed by atoms with Crippen molar-refractivity contribution in [3.63, 3.8) is 0 Å². The average molecular weight is 400 g/mol. The summed E-state index contributed by atoms with van der Waals surface area (Å²) < 4.78 is 24.0. The van der Waals surface area contributed by atoms with Crippen LogP contribution in [0, 0.1) is 11.7 Å². The Morgan fingerprint density at radius 3 is 2.96 bits per heavy atom. The molecule has 7 nitrogen and oxygen atoms in total. The van der Waals surface area contributed by atoms with E-state index in [1.54, 1.807) is 0 Å². The molecule has 1 aliphatic heterocycles. The average Bonchev–Trinajstić information content (AvgIpc) is 3.08. The first-order valence-corrected chi connectivity index (χ1v) is 8.57. The first-order chi connectivity index (χ1) is 12.5. The molecule has 0 radical (unpaired) electrons. The third-order valence-electron chi connectivity index (χ3n) is 4.69. The van der Waals surface area contributed by atoms with Gasteiger partial charge >= 0.3 is 5.97 Å². The van der Waals surface area contributed by atoms with Crippen molar-refractivity contribution in [1.29, 1.82) is 0 Å². The number of carboxylic acid groups (broad SMARTS) is 1. The summed E-state index contributed by atoms with van der Waals surface area (Å²) in [5.74, 6) is -0.863. The van der Waals surface area contributed by atoms with Crippen LogP contribution in [-0.4, -0.2) is 43.0 Å². The van der Waals surface area contributed by atoms with E-state index in [9.17, 15) is 14.3 Å². The maximum atomic E-state index is 13.7. The van der Waals surface area contributed by atoms with Gasteiger partial charge < -0.3 is 25.0 Å². The summed E-state index contributed by atoms with van der Waals surface area (Å²) in [4.78, 5) is 13.8. The molecule has 3 N–H and O–H groups in total.